The second kappa shape index (κ2) is 7.09. The number of anilines is 1. The number of amides is 2. The molecule has 2 amide bonds. The summed E-state index contributed by atoms with van der Waals surface area (Å²) in [6.45, 7) is 2.60. The Kier molecular flexibility index (Phi) is 4.88. The molecule has 2 bridgehead atoms. The van der Waals surface area contributed by atoms with Crippen molar-refractivity contribution in [2.45, 2.75) is 19.8 Å². The second-order valence-corrected chi connectivity index (χ2v) is 6.66. The van der Waals surface area contributed by atoms with Crippen LogP contribution in [-0.4, -0.2) is 29.4 Å². The van der Waals surface area contributed by atoms with Crippen LogP contribution in [0.15, 0.2) is 36.4 Å². The molecule has 1 saturated carbocycles. The Hall–Kier alpha value is -2.63. The molecule has 0 saturated heterocycles. The molecule has 1 fully saturated rings. The molecule has 25 heavy (non-hydrogen) atoms. The molecule has 0 unspecified atom stereocenters. The molecule has 132 valence electrons. The van der Waals surface area contributed by atoms with Gasteiger partial charge in [0.05, 0.1) is 11.8 Å². The first-order valence-corrected chi connectivity index (χ1v) is 8.61. The molecule has 3 N–H and O–H groups in total. The van der Waals surface area contributed by atoms with Gasteiger partial charge in [0.15, 0.2) is 0 Å². The Bertz CT molecular complexity index is 711. The summed E-state index contributed by atoms with van der Waals surface area (Å²) in [6.07, 6.45) is 5.46. The number of nitrogens with one attached hydrogen (secondary N) is 2. The van der Waals surface area contributed by atoms with Crippen LogP contribution in [0.25, 0.3) is 0 Å². The average molecular weight is 342 g/mol. The van der Waals surface area contributed by atoms with E-state index in [0.717, 1.165) is 12.8 Å². The Labute approximate surface area is 146 Å². The summed E-state index contributed by atoms with van der Waals surface area (Å²) < 4.78 is 0. The van der Waals surface area contributed by atoms with Crippen molar-refractivity contribution in [1.29, 1.82) is 0 Å². The smallest absolute Gasteiger partial charge is 0.307 e. The largest absolute Gasteiger partial charge is 0.481 e. The highest BCUT2D eigenvalue weighted by atomic mass is 16.4. The normalized spacial score (nSPS) is 26.4. The van der Waals surface area contributed by atoms with Gasteiger partial charge in [0.1, 0.15) is 0 Å². The monoisotopic (exact) mass is 342 g/mol. The van der Waals surface area contributed by atoms with Gasteiger partial charge in [0, 0.05) is 17.8 Å². The van der Waals surface area contributed by atoms with Gasteiger partial charge in [-0.15, -0.1) is 0 Å². The Morgan fingerprint density at radius 1 is 1.08 bits per heavy atom. The van der Waals surface area contributed by atoms with Crippen LogP contribution in [0.4, 0.5) is 5.69 Å². The third-order valence-electron chi connectivity index (χ3n) is 5.00. The van der Waals surface area contributed by atoms with E-state index in [1.54, 1.807) is 24.3 Å². The third-order valence-corrected chi connectivity index (χ3v) is 5.00. The van der Waals surface area contributed by atoms with Crippen molar-refractivity contribution in [3.8, 4) is 0 Å². The number of carbonyl (C=O) groups is 3. The third kappa shape index (κ3) is 3.43. The molecule has 0 heterocycles. The van der Waals surface area contributed by atoms with Gasteiger partial charge in [-0.2, -0.15) is 0 Å². The molecule has 0 aromatic heterocycles. The molecule has 6 nitrogen and oxygen atoms in total. The van der Waals surface area contributed by atoms with Crippen molar-refractivity contribution in [2.75, 3.05) is 11.9 Å². The number of benzene rings is 1. The lowest BCUT2D eigenvalue weighted by molar-refractivity contribution is -0.146. The van der Waals surface area contributed by atoms with Gasteiger partial charge in [0.25, 0.3) is 5.91 Å². The number of rotatable bonds is 6. The average Bonchev–Trinajstić information content (AvgIpc) is 3.21. The number of carboxylic acids is 1. The van der Waals surface area contributed by atoms with Crippen molar-refractivity contribution >= 4 is 23.5 Å². The first kappa shape index (κ1) is 17.2. The molecule has 1 aromatic carbocycles. The number of carbonyl (C=O) groups excluding carboxylic acids is 2. The van der Waals surface area contributed by atoms with Crippen molar-refractivity contribution < 1.29 is 19.5 Å². The van der Waals surface area contributed by atoms with Crippen LogP contribution in [0.1, 0.15) is 30.1 Å². The summed E-state index contributed by atoms with van der Waals surface area (Å²) in [5.41, 5.74) is 1.09. The van der Waals surface area contributed by atoms with Crippen LogP contribution in [0.5, 0.6) is 0 Å². The number of aliphatic carboxylic acids is 1. The zero-order valence-corrected chi connectivity index (χ0v) is 14.1. The first-order chi connectivity index (χ1) is 12.0. The molecule has 1 aromatic rings. The number of hydrogen-bond acceptors (Lipinski definition) is 3. The van der Waals surface area contributed by atoms with E-state index < -0.39 is 17.8 Å². The van der Waals surface area contributed by atoms with Crippen LogP contribution < -0.4 is 10.6 Å². The molecule has 3 rings (SSSR count). The lowest BCUT2D eigenvalue weighted by atomic mass is 9.82. The number of allylic oxidation sites excluding steroid dienone is 2. The first-order valence-electron chi connectivity index (χ1n) is 8.61. The van der Waals surface area contributed by atoms with Crippen LogP contribution in [-0.2, 0) is 9.59 Å². The van der Waals surface area contributed by atoms with Gasteiger partial charge >= 0.3 is 5.97 Å². The zero-order valence-electron chi connectivity index (χ0n) is 14.1. The predicted octanol–water partition coefficient (Wildman–Crippen LogP) is 2.29. The molecule has 2 aliphatic rings. The Morgan fingerprint density at radius 2 is 1.72 bits per heavy atom. The Balaban J connectivity index is 1.66. The van der Waals surface area contributed by atoms with Gasteiger partial charge in [-0.3, -0.25) is 14.4 Å². The summed E-state index contributed by atoms with van der Waals surface area (Å²) in [4.78, 5) is 36.0. The topological polar surface area (TPSA) is 95.5 Å². The van der Waals surface area contributed by atoms with Crippen molar-refractivity contribution in [3.63, 3.8) is 0 Å². The number of fused-ring (bicyclic) bond motifs is 2. The van der Waals surface area contributed by atoms with Crippen molar-refractivity contribution in [2.24, 2.45) is 23.7 Å². The minimum absolute atomic E-state index is 0.00908. The van der Waals surface area contributed by atoms with Crippen LogP contribution >= 0.6 is 0 Å². The standard InChI is InChI=1S/C19H22N2O4/c1-2-9-20-17(22)11-5-7-14(8-6-11)21-18(23)15-12-3-4-13(10-12)16(15)19(24)25/h3-8,12-13,15-16H,2,9-10H2,1H3,(H,20,22)(H,21,23)(H,24,25)/t12-,13-,15+,16-/m0/s1. The fourth-order valence-electron chi connectivity index (χ4n) is 3.79. The quantitative estimate of drug-likeness (QED) is 0.691. The molecule has 0 spiro atoms. The van der Waals surface area contributed by atoms with Gasteiger partial charge in [-0.05, 0) is 48.9 Å². The lowest BCUT2D eigenvalue weighted by Crippen LogP contribution is -2.36. The number of carboxylic acid groups (broad SMARTS) is 1. The highest BCUT2D eigenvalue weighted by molar-refractivity contribution is 5.98. The predicted molar refractivity (Wildman–Crippen MR) is 93.0 cm³/mol. The summed E-state index contributed by atoms with van der Waals surface area (Å²) in [7, 11) is 0. The van der Waals surface area contributed by atoms with Crippen molar-refractivity contribution in [1.82, 2.24) is 5.32 Å². The zero-order chi connectivity index (χ0) is 18.0. The van der Waals surface area contributed by atoms with Crippen LogP contribution in [0.3, 0.4) is 0 Å². The van der Waals surface area contributed by atoms with E-state index in [-0.39, 0.29) is 23.7 Å². The molecule has 0 radical (unpaired) electrons. The summed E-state index contributed by atoms with van der Waals surface area (Å²) in [5, 5.41) is 15.0. The summed E-state index contributed by atoms with van der Waals surface area (Å²) in [5.74, 6) is -2.60. The van der Waals surface area contributed by atoms with Gasteiger partial charge in [0.2, 0.25) is 5.91 Å². The summed E-state index contributed by atoms with van der Waals surface area (Å²) >= 11 is 0. The SMILES string of the molecule is CCCNC(=O)c1ccc(NC(=O)[C@H]2[C@@H](C(=O)O)[C@H]3C=C[C@H]2C3)cc1. The van der Waals surface area contributed by atoms with Crippen LogP contribution in [0, 0.1) is 23.7 Å². The van der Waals surface area contributed by atoms with E-state index in [4.69, 9.17) is 0 Å². The van der Waals surface area contributed by atoms with Gasteiger partial charge in [-0.25, -0.2) is 0 Å². The highest BCUT2D eigenvalue weighted by Gasteiger charge is 2.51. The fourth-order valence-corrected chi connectivity index (χ4v) is 3.79. The minimum atomic E-state index is -0.917. The molecule has 6 heteroatoms. The summed E-state index contributed by atoms with van der Waals surface area (Å²) in [6, 6.07) is 6.63. The molecular formula is C19H22N2O4. The van der Waals surface area contributed by atoms with E-state index in [2.05, 4.69) is 10.6 Å². The van der Waals surface area contributed by atoms with Gasteiger partial charge < -0.3 is 15.7 Å². The van der Waals surface area contributed by atoms with E-state index in [1.807, 2.05) is 19.1 Å². The number of hydrogen-bond donors (Lipinski definition) is 3. The molecule has 2 aliphatic carbocycles. The highest BCUT2D eigenvalue weighted by Crippen LogP contribution is 2.48. The molecular weight excluding hydrogens is 320 g/mol. The maximum absolute atomic E-state index is 12.6. The molecule has 0 aliphatic heterocycles. The maximum Gasteiger partial charge on any atom is 0.307 e. The fraction of sp³-hybridized carbons (Fsp3) is 0.421. The van der Waals surface area contributed by atoms with E-state index >= 15 is 0 Å². The van der Waals surface area contributed by atoms with Gasteiger partial charge in [-0.1, -0.05) is 19.1 Å². The van der Waals surface area contributed by atoms with Crippen LogP contribution in [0.2, 0.25) is 0 Å². The maximum atomic E-state index is 12.6. The van der Waals surface area contributed by atoms with Crippen molar-refractivity contribution in [3.05, 3.63) is 42.0 Å². The van der Waals surface area contributed by atoms with E-state index in [0.29, 0.717) is 17.8 Å². The van der Waals surface area contributed by atoms with E-state index in [9.17, 15) is 19.5 Å². The lowest BCUT2D eigenvalue weighted by Gasteiger charge is -2.23. The second-order valence-electron chi connectivity index (χ2n) is 6.66. The van der Waals surface area contributed by atoms with E-state index in [1.165, 1.54) is 0 Å². The Morgan fingerprint density at radius 3 is 2.32 bits per heavy atom. The minimum Gasteiger partial charge on any atom is -0.481 e. The molecule has 4 atom stereocenters.